The molecule has 3 aromatic heterocycles. The molecule has 0 radical (unpaired) electrons. The standard InChI is InChI=1S/C23H21BrN4O5/c1-2-28-13-19(21(27-28)23(30)25-12-17-4-3-11-31-17)26-22(29)20-10-9-18(33-20)14-32-16-7-5-15(24)6-8-16/h3-11,13H,2,12,14H2,1H3,(H,25,30)(H,26,29). The highest BCUT2D eigenvalue weighted by Gasteiger charge is 2.21. The van der Waals surface area contributed by atoms with Crippen LogP contribution in [0.2, 0.25) is 0 Å². The predicted molar refractivity (Wildman–Crippen MR) is 123 cm³/mol. The molecular formula is C23H21BrN4O5. The van der Waals surface area contributed by atoms with Crippen LogP contribution in [0.4, 0.5) is 5.69 Å². The molecule has 0 saturated heterocycles. The van der Waals surface area contributed by atoms with Gasteiger partial charge < -0.3 is 24.2 Å². The van der Waals surface area contributed by atoms with Crippen molar-refractivity contribution in [2.24, 2.45) is 0 Å². The first kappa shape index (κ1) is 22.4. The molecule has 0 aliphatic rings. The van der Waals surface area contributed by atoms with Crippen molar-refractivity contribution in [1.29, 1.82) is 0 Å². The number of anilines is 1. The molecule has 0 unspecified atom stereocenters. The van der Waals surface area contributed by atoms with Crippen LogP contribution in [-0.4, -0.2) is 21.6 Å². The maximum atomic E-state index is 12.7. The monoisotopic (exact) mass is 512 g/mol. The van der Waals surface area contributed by atoms with Gasteiger partial charge in [0, 0.05) is 17.2 Å². The first-order chi connectivity index (χ1) is 16.0. The third-order valence-corrected chi connectivity index (χ3v) is 5.16. The summed E-state index contributed by atoms with van der Waals surface area (Å²) in [6.45, 7) is 2.79. The summed E-state index contributed by atoms with van der Waals surface area (Å²) >= 11 is 3.37. The van der Waals surface area contributed by atoms with Gasteiger partial charge in [-0.3, -0.25) is 14.3 Å². The fourth-order valence-electron chi connectivity index (χ4n) is 2.95. The summed E-state index contributed by atoms with van der Waals surface area (Å²) in [5.74, 6) is 0.937. The smallest absolute Gasteiger partial charge is 0.291 e. The minimum absolute atomic E-state index is 0.0931. The van der Waals surface area contributed by atoms with Crippen LogP contribution in [0.1, 0.15) is 39.5 Å². The highest BCUT2D eigenvalue weighted by Crippen LogP contribution is 2.20. The van der Waals surface area contributed by atoms with Gasteiger partial charge in [0.15, 0.2) is 11.5 Å². The Labute approximate surface area is 197 Å². The summed E-state index contributed by atoms with van der Waals surface area (Å²) in [4.78, 5) is 25.4. The number of aryl methyl sites for hydroxylation is 1. The van der Waals surface area contributed by atoms with E-state index in [1.807, 2.05) is 31.2 Å². The van der Waals surface area contributed by atoms with Crippen molar-refractivity contribution in [3.8, 4) is 5.75 Å². The second kappa shape index (κ2) is 10.2. The van der Waals surface area contributed by atoms with Crippen molar-refractivity contribution in [2.45, 2.75) is 26.6 Å². The molecule has 4 aromatic rings. The third kappa shape index (κ3) is 5.72. The first-order valence-corrected chi connectivity index (χ1v) is 11.0. The van der Waals surface area contributed by atoms with Gasteiger partial charge in [-0.15, -0.1) is 0 Å². The second-order valence-electron chi connectivity index (χ2n) is 6.97. The Morgan fingerprint density at radius 3 is 2.64 bits per heavy atom. The molecule has 3 heterocycles. The number of amides is 2. The molecule has 0 fully saturated rings. The van der Waals surface area contributed by atoms with Crippen molar-refractivity contribution < 1.29 is 23.2 Å². The maximum absolute atomic E-state index is 12.7. The summed E-state index contributed by atoms with van der Waals surface area (Å²) in [5.41, 5.74) is 0.380. The lowest BCUT2D eigenvalue weighted by Gasteiger charge is -2.05. The lowest BCUT2D eigenvalue weighted by molar-refractivity contribution is 0.0943. The number of rotatable bonds is 9. The van der Waals surface area contributed by atoms with Crippen LogP contribution in [0.25, 0.3) is 0 Å². The van der Waals surface area contributed by atoms with E-state index < -0.39 is 11.8 Å². The summed E-state index contributed by atoms with van der Waals surface area (Å²) in [7, 11) is 0. The average Bonchev–Trinajstić information content (AvgIpc) is 3.58. The van der Waals surface area contributed by atoms with Gasteiger partial charge in [0.05, 0.1) is 18.5 Å². The second-order valence-corrected chi connectivity index (χ2v) is 7.89. The Bertz CT molecular complexity index is 1230. The number of ether oxygens (including phenoxy) is 1. The molecule has 0 atom stereocenters. The molecule has 33 heavy (non-hydrogen) atoms. The van der Waals surface area contributed by atoms with Crippen LogP contribution in [0.15, 0.2) is 74.3 Å². The normalized spacial score (nSPS) is 10.7. The van der Waals surface area contributed by atoms with Gasteiger partial charge in [0.25, 0.3) is 11.8 Å². The number of hydrogen-bond acceptors (Lipinski definition) is 6. The maximum Gasteiger partial charge on any atom is 0.291 e. The SMILES string of the molecule is CCn1cc(NC(=O)c2ccc(COc3ccc(Br)cc3)o2)c(C(=O)NCc2ccco2)n1. The van der Waals surface area contributed by atoms with Gasteiger partial charge in [-0.25, -0.2) is 0 Å². The number of benzene rings is 1. The van der Waals surface area contributed by atoms with E-state index in [9.17, 15) is 9.59 Å². The molecule has 4 rings (SSSR count). The van der Waals surface area contributed by atoms with E-state index in [1.54, 1.807) is 35.1 Å². The zero-order valence-electron chi connectivity index (χ0n) is 17.7. The number of carbonyl (C=O) groups is 2. The molecule has 170 valence electrons. The van der Waals surface area contributed by atoms with Crippen molar-refractivity contribution >= 4 is 33.4 Å². The highest BCUT2D eigenvalue weighted by atomic mass is 79.9. The van der Waals surface area contributed by atoms with E-state index in [0.29, 0.717) is 23.8 Å². The molecular weight excluding hydrogens is 492 g/mol. The van der Waals surface area contributed by atoms with Crippen LogP contribution < -0.4 is 15.4 Å². The summed E-state index contributed by atoms with van der Waals surface area (Å²) < 4.78 is 19.0. The topological polar surface area (TPSA) is 112 Å². The van der Waals surface area contributed by atoms with E-state index >= 15 is 0 Å². The van der Waals surface area contributed by atoms with Crippen molar-refractivity contribution in [3.63, 3.8) is 0 Å². The Hall–Kier alpha value is -3.79. The first-order valence-electron chi connectivity index (χ1n) is 10.2. The van der Waals surface area contributed by atoms with E-state index in [2.05, 4.69) is 31.7 Å². The molecule has 1 aromatic carbocycles. The minimum Gasteiger partial charge on any atom is -0.486 e. The average molecular weight is 513 g/mol. The molecule has 0 spiro atoms. The molecule has 10 heteroatoms. The fourth-order valence-corrected chi connectivity index (χ4v) is 3.22. The van der Waals surface area contributed by atoms with Crippen LogP contribution >= 0.6 is 15.9 Å². The number of hydrogen-bond donors (Lipinski definition) is 2. The molecule has 0 aliphatic heterocycles. The van der Waals surface area contributed by atoms with Gasteiger partial charge in [0.1, 0.15) is 23.9 Å². The van der Waals surface area contributed by atoms with Crippen LogP contribution in [0.3, 0.4) is 0 Å². The number of halogens is 1. The molecule has 2 amide bonds. The molecule has 0 bridgehead atoms. The van der Waals surface area contributed by atoms with E-state index in [0.717, 1.165) is 4.47 Å². The Morgan fingerprint density at radius 2 is 1.91 bits per heavy atom. The van der Waals surface area contributed by atoms with Crippen LogP contribution in [0.5, 0.6) is 5.75 Å². The van der Waals surface area contributed by atoms with Gasteiger partial charge >= 0.3 is 0 Å². The largest absolute Gasteiger partial charge is 0.486 e. The number of aromatic nitrogens is 2. The Morgan fingerprint density at radius 1 is 1.09 bits per heavy atom. The van der Waals surface area contributed by atoms with Gasteiger partial charge in [-0.2, -0.15) is 5.10 Å². The quantitative estimate of drug-likeness (QED) is 0.338. The van der Waals surface area contributed by atoms with E-state index in [1.165, 1.54) is 6.26 Å². The summed E-state index contributed by atoms with van der Waals surface area (Å²) in [5, 5.41) is 9.69. The minimum atomic E-state index is -0.499. The Kier molecular flexibility index (Phi) is 6.94. The van der Waals surface area contributed by atoms with Crippen LogP contribution in [-0.2, 0) is 19.7 Å². The highest BCUT2D eigenvalue weighted by molar-refractivity contribution is 9.10. The van der Waals surface area contributed by atoms with Gasteiger partial charge in [0.2, 0.25) is 0 Å². The van der Waals surface area contributed by atoms with E-state index in [-0.39, 0.29) is 30.3 Å². The number of furan rings is 2. The fraction of sp³-hybridized carbons (Fsp3) is 0.174. The Balaban J connectivity index is 1.40. The van der Waals surface area contributed by atoms with Crippen molar-refractivity contribution in [1.82, 2.24) is 15.1 Å². The number of carbonyl (C=O) groups excluding carboxylic acids is 2. The summed E-state index contributed by atoms with van der Waals surface area (Å²) in [6, 6.07) is 14.1. The molecule has 2 N–H and O–H groups in total. The molecule has 9 nitrogen and oxygen atoms in total. The predicted octanol–water partition coefficient (Wildman–Crippen LogP) is 4.61. The lowest BCUT2D eigenvalue weighted by Crippen LogP contribution is -2.25. The van der Waals surface area contributed by atoms with Crippen molar-refractivity contribution in [2.75, 3.05) is 5.32 Å². The lowest BCUT2D eigenvalue weighted by atomic mass is 10.3. The molecule has 0 aliphatic carbocycles. The summed E-state index contributed by atoms with van der Waals surface area (Å²) in [6.07, 6.45) is 3.13. The van der Waals surface area contributed by atoms with E-state index in [4.69, 9.17) is 13.6 Å². The number of nitrogens with one attached hydrogen (secondary N) is 2. The van der Waals surface area contributed by atoms with Crippen LogP contribution in [0, 0.1) is 0 Å². The van der Waals surface area contributed by atoms with Gasteiger partial charge in [-0.05, 0) is 55.5 Å². The van der Waals surface area contributed by atoms with Gasteiger partial charge in [-0.1, -0.05) is 15.9 Å². The third-order valence-electron chi connectivity index (χ3n) is 4.63. The zero-order chi connectivity index (χ0) is 23.2. The van der Waals surface area contributed by atoms with Crippen molar-refractivity contribution in [3.05, 3.63) is 88.4 Å². The number of nitrogens with zero attached hydrogens (tertiary/aromatic N) is 2. The molecule has 0 saturated carbocycles. The zero-order valence-corrected chi connectivity index (χ0v) is 19.3.